The molecule has 2 amide bonds. The Kier molecular flexibility index (Phi) is 6.62. The van der Waals surface area contributed by atoms with Crippen molar-refractivity contribution >= 4 is 11.8 Å². The summed E-state index contributed by atoms with van der Waals surface area (Å²) in [5, 5.41) is 5.84. The molecule has 1 saturated heterocycles. The Morgan fingerprint density at radius 3 is 2.34 bits per heavy atom. The van der Waals surface area contributed by atoms with Crippen LogP contribution >= 0.6 is 0 Å². The first-order chi connectivity index (χ1) is 14.3. The molecule has 2 N–H and O–H groups in total. The van der Waals surface area contributed by atoms with Gasteiger partial charge in [0.05, 0.1) is 0 Å². The second-order valence-electron chi connectivity index (χ2n) is 8.01. The van der Waals surface area contributed by atoms with Gasteiger partial charge in [0.2, 0.25) is 0 Å². The third kappa shape index (κ3) is 5.48. The largest absolute Gasteiger partial charge is 0.354 e. The van der Waals surface area contributed by atoms with E-state index in [0.29, 0.717) is 13.1 Å². The molecule has 2 aromatic rings. The van der Waals surface area contributed by atoms with Gasteiger partial charge in [-0.3, -0.25) is 4.90 Å². The van der Waals surface area contributed by atoms with Gasteiger partial charge in [-0.1, -0.05) is 43.2 Å². The lowest BCUT2D eigenvalue weighted by Gasteiger charge is -2.38. The van der Waals surface area contributed by atoms with E-state index in [-0.39, 0.29) is 6.03 Å². The molecule has 6 heteroatoms. The minimum atomic E-state index is -0.155. The Hall–Kier alpha value is -2.60. The van der Waals surface area contributed by atoms with Gasteiger partial charge in [-0.2, -0.15) is 0 Å². The van der Waals surface area contributed by atoms with Crippen molar-refractivity contribution in [3.05, 3.63) is 59.8 Å². The maximum atomic E-state index is 12.1. The van der Waals surface area contributed by atoms with Crippen LogP contribution in [0.2, 0.25) is 0 Å². The molecule has 6 nitrogen and oxygen atoms in total. The van der Waals surface area contributed by atoms with Crippen molar-refractivity contribution in [2.24, 2.45) is 0 Å². The molecule has 0 spiro atoms. The normalized spacial score (nSPS) is 18.0. The van der Waals surface area contributed by atoms with E-state index in [1.54, 1.807) is 0 Å². The number of benzene rings is 1. The number of aromatic nitrogens is 1. The van der Waals surface area contributed by atoms with Crippen molar-refractivity contribution in [2.45, 2.75) is 44.8 Å². The van der Waals surface area contributed by atoms with Gasteiger partial charge in [-0.05, 0) is 36.1 Å². The highest BCUT2D eigenvalue weighted by Gasteiger charge is 2.26. The fourth-order valence-corrected chi connectivity index (χ4v) is 4.35. The molecule has 1 aliphatic heterocycles. The second kappa shape index (κ2) is 9.74. The molecular weight excluding hydrogens is 362 g/mol. The van der Waals surface area contributed by atoms with E-state index < -0.39 is 0 Å². The molecular formula is C23H31N5O. The van der Waals surface area contributed by atoms with Crippen LogP contribution in [0.5, 0.6) is 0 Å². The molecule has 154 valence electrons. The van der Waals surface area contributed by atoms with Crippen LogP contribution in [0.15, 0.2) is 48.7 Å². The molecule has 2 heterocycles. The molecule has 0 radical (unpaired) electrons. The van der Waals surface area contributed by atoms with Crippen LogP contribution in [0.4, 0.5) is 10.6 Å². The van der Waals surface area contributed by atoms with Crippen molar-refractivity contribution in [3.63, 3.8) is 0 Å². The van der Waals surface area contributed by atoms with Crippen molar-refractivity contribution in [1.29, 1.82) is 0 Å². The van der Waals surface area contributed by atoms with E-state index in [1.165, 1.54) is 25.7 Å². The van der Waals surface area contributed by atoms with Gasteiger partial charge < -0.3 is 15.5 Å². The molecule has 0 bridgehead atoms. The number of anilines is 1. The highest BCUT2D eigenvalue weighted by Crippen LogP contribution is 2.25. The van der Waals surface area contributed by atoms with Crippen molar-refractivity contribution in [1.82, 2.24) is 20.5 Å². The lowest BCUT2D eigenvalue weighted by Crippen LogP contribution is -2.50. The van der Waals surface area contributed by atoms with E-state index in [1.807, 2.05) is 42.6 Å². The van der Waals surface area contributed by atoms with Crippen molar-refractivity contribution < 1.29 is 4.79 Å². The maximum absolute atomic E-state index is 12.1. The minimum Gasteiger partial charge on any atom is -0.354 e. The van der Waals surface area contributed by atoms with E-state index in [9.17, 15) is 4.79 Å². The van der Waals surface area contributed by atoms with E-state index >= 15 is 0 Å². The lowest BCUT2D eigenvalue weighted by molar-refractivity contribution is 0.187. The van der Waals surface area contributed by atoms with Crippen LogP contribution in [-0.4, -0.2) is 48.1 Å². The zero-order chi connectivity index (χ0) is 19.9. The number of pyridine rings is 1. The Morgan fingerprint density at radius 2 is 1.62 bits per heavy atom. The molecule has 2 aliphatic rings. The highest BCUT2D eigenvalue weighted by atomic mass is 16.2. The SMILES string of the molecule is O=C(NCc1ccccc1)NCc1ccnc(N2CCN(C3CCCC3)CC2)c1. The number of rotatable bonds is 6. The summed E-state index contributed by atoms with van der Waals surface area (Å²) in [7, 11) is 0. The van der Waals surface area contributed by atoms with Gasteiger partial charge in [0.15, 0.2) is 0 Å². The number of amides is 2. The van der Waals surface area contributed by atoms with Crippen molar-refractivity contribution in [2.75, 3.05) is 31.1 Å². The van der Waals surface area contributed by atoms with Crippen LogP contribution < -0.4 is 15.5 Å². The first-order valence-corrected chi connectivity index (χ1v) is 10.8. The molecule has 1 aromatic heterocycles. The molecule has 1 aliphatic carbocycles. The number of hydrogen-bond acceptors (Lipinski definition) is 4. The average Bonchev–Trinajstić information content (AvgIpc) is 3.32. The summed E-state index contributed by atoms with van der Waals surface area (Å²) < 4.78 is 0. The first-order valence-electron chi connectivity index (χ1n) is 10.8. The van der Waals surface area contributed by atoms with Gasteiger partial charge in [-0.25, -0.2) is 9.78 Å². The van der Waals surface area contributed by atoms with Gasteiger partial charge in [0.1, 0.15) is 5.82 Å². The van der Waals surface area contributed by atoms with Crippen LogP contribution in [0, 0.1) is 0 Å². The average molecular weight is 394 g/mol. The smallest absolute Gasteiger partial charge is 0.315 e. The molecule has 2 fully saturated rings. The summed E-state index contributed by atoms with van der Waals surface area (Å²) in [6.07, 6.45) is 7.36. The zero-order valence-corrected chi connectivity index (χ0v) is 17.0. The van der Waals surface area contributed by atoms with Crippen LogP contribution in [0.3, 0.4) is 0 Å². The Balaban J connectivity index is 1.24. The topological polar surface area (TPSA) is 60.5 Å². The minimum absolute atomic E-state index is 0.155. The van der Waals surface area contributed by atoms with Crippen LogP contribution in [0.25, 0.3) is 0 Å². The standard InChI is InChI=1S/C23H31N5O/c29-23(25-17-19-6-2-1-3-7-19)26-18-20-10-11-24-22(16-20)28-14-12-27(13-15-28)21-8-4-5-9-21/h1-3,6-7,10-11,16,21H,4-5,8-9,12-15,17-18H2,(H2,25,26,29). The van der Waals surface area contributed by atoms with Crippen LogP contribution in [-0.2, 0) is 13.1 Å². The summed E-state index contributed by atoms with van der Waals surface area (Å²) in [6.45, 7) is 5.32. The monoisotopic (exact) mass is 393 g/mol. The molecule has 1 saturated carbocycles. The third-order valence-electron chi connectivity index (χ3n) is 6.04. The summed E-state index contributed by atoms with van der Waals surface area (Å²) >= 11 is 0. The Morgan fingerprint density at radius 1 is 0.931 bits per heavy atom. The second-order valence-corrected chi connectivity index (χ2v) is 8.01. The molecule has 4 rings (SSSR count). The van der Waals surface area contributed by atoms with Gasteiger partial charge >= 0.3 is 6.03 Å². The Labute approximate surface area is 173 Å². The van der Waals surface area contributed by atoms with E-state index in [4.69, 9.17) is 0 Å². The van der Waals surface area contributed by atoms with E-state index in [0.717, 1.165) is 49.2 Å². The Bertz CT molecular complexity index is 783. The number of carbonyl (C=O) groups is 1. The third-order valence-corrected chi connectivity index (χ3v) is 6.04. The number of nitrogens with one attached hydrogen (secondary N) is 2. The van der Waals surface area contributed by atoms with Gasteiger partial charge in [0.25, 0.3) is 0 Å². The number of piperazine rings is 1. The zero-order valence-electron chi connectivity index (χ0n) is 17.0. The van der Waals surface area contributed by atoms with Crippen molar-refractivity contribution in [3.8, 4) is 0 Å². The summed E-state index contributed by atoms with van der Waals surface area (Å²) in [5.41, 5.74) is 2.16. The molecule has 0 unspecified atom stereocenters. The predicted octanol–water partition coefficient (Wildman–Crippen LogP) is 3.15. The fourth-order valence-electron chi connectivity index (χ4n) is 4.35. The quantitative estimate of drug-likeness (QED) is 0.792. The van der Waals surface area contributed by atoms with Gasteiger partial charge in [0, 0.05) is 51.5 Å². The maximum Gasteiger partial charge on any atom is 0.315 e. The summed E-state index contributed by atoms with van der Waals surface area (Å²) in [4.78, 5) is 21.7. The number of nitrogens with zero attached hydrogens (tertiary/aromatic N) is 3. The summed E-state index contributed by atoms with van der Waals surface area (Å²) in [6, 6.07) is 14.6. The number of hydrogen-bond donors (Lipinski definition) is 2. The summed E-state index contributed by atoms with van der Waals surface area (Å²) in [5.74, 6) is 1.01. The molecule has 1 aromatic carbocycles. The van der Waals surface area contributed by atoms with Gasteiger partial charge in [-0.15, -0.1) is 0 Å². The highest BCUT2D eigenvalue weighted by molar-refractivity contribution is 5.73. The predicted molar refractivity (Wildman–Crippen MR) is 116 cm³/mol. The molecule has 29 heavy (non-hydrogen) atoms. The number of carbonyl (C=O) groups excluding carboxylic acids is 1. The first kappa shape index (κ1) is 19.7. The fraction of sp³-hybridized carbons (Fsp3) is 0.478. The lowest BCUT2D eigenvalue weighted by atomic mass is 10.1. The van der Waals surface area contributed by atoms with Crippen LogP contribution in [0.1, 0.15) is 36.8 Å². The molecule has 0 atom stereocenters. The van der Waals surface area contributed by atoms with E-state index in [2.05, 4.69) is 31.5 Å². The number of urea groups is 1.